The molecule has 1 aliphatic rings. The Hall–Kier alpha value is -1.97. The second-order valence-corrected chi connectivity index (χ2v) is 9.19. The van der Waals surface area contributed by atoms with E-state index in [1.165, 1.54) is 22.8 Å². The van der Waals surface area contributed by atoms with Crippen LogP contribution in [0.25, 0.3) is 0 Å². The van der Waals surface area contributed by atoms with Gasteiger partial charge in [-0.2, -0.15) is 4.31 Å². The number of hydrogen-bond acceptors (Lipinski definition) is 6. The standard InChI is InChI=1S/C19H21BrN2O5S/c20-16-3-1-4-17(13-16)26-11-12-27-19(23)15-6-9-22(10-7-15)28(24,25)18-5-2-8-21-14-18/h1-5,8,13-15H,6-7,9-12H2. The van der Waals surface area contributed by atoms with E-state index in [-0.39, 0.29) is 43.1 Å². The Morgan fingerprint density at radius 3 is 2.64 bits per heavy atom. The van der Waals surface area contributed by atoms with Crippen molar-refractivity contribution < 1.29 is 22.7 Å². The maximum atomic E-state index is 12.6. The average Bonchev–Trinajstić information content (AvgIpc) is 2.72. The van der Waals surface area contributed by atoms with E-state index in [9.17, 15) is 13.2 Å². The zero-order chi connectivity index (χ0) is 20.0. The lowest BCUT2D eigenvalue weighted by Gasteiger charge is -2.30. The number of hydrogen-bond donors (Lipinski definition) is 0. The summed E-state index contributed by atoms with van der Waals surface area (Å²) in [6, 6.07) is 10.5. The second kappa shape index (κ2) is 9.49. The number of nitrogens with zero attached hydrogens (tertiary/aromatic N) is 2. The molecule has 0 amide bonds. The Morgan fingerprint density at radius 2 is 1.96 bits per heavy atom. The zero-order valence-corrected chi connectivity index (χ0v) is 17.6. The van der Waals surface area contributed by atoms with Crippen LogP contribution in [0.4, 0.5) is 0 Å². The highest BCUT2D eigenvalue weighted by molar-refractivity contribution is 9.10. The Balaban J connectivity index is 1.42. The highest BCUT2D eigenvalue weighted by Gasteiger charge is 2.32. The predicted octanol–water partition coefficient (Wildman–Crippen LogP) is 2.87. The van der Waals surface area contributed by atoms with Gasteiger partial charge in [0.05, 0.1) is 5.92 Å². The maximum Gasteiger partial charge on any atom is 0.309 e. The molecule has 0 aliphatic carbocycles. The highest BCUT2D eigenvalue weighted by atomic mass is 79.9. The van der Waals surface area contributed by atoms with Crippen LogP contribution < -0.4 is 4.74 Å². The van der Waals surface area contributed by atoms with E-state index in [2.05, 4.69) is 20.9 Å². The molecule has 1 aromatic carbocycles. The van der Waals surface area contributed by atoms with Gasteiger partial charge in [0, 0.05) is 30.0 Å². The van der Waals surface area contributed by atoms with E-state index in [0.29, 0.717) is 18.6 Å². The molecule has 2 heterocycles. The van der Waals surface area contributed by atoms with E-state index in [4.69, 9.17) is 9.47 Å². The third kappa shape index (κ3) is 5.30. The van der Waals surface area contributed by atoms with Gasteiger partial charge in [-0.3, -0.25) is 9.78 Å². The van der Waals surface area contributed by atoms with Gasteiger partial charge in [0.15, 0.2) is 0 Å². The van der Waals surface area contributed by atoms with E-state index in [1.807, 2.05) is 24.3 Å². The van der Waals surface area contributed by atoms with Crippen LogP contribution in [0.1, 0.15) is 12.8 Å². The normalized spacial score (nSPS) is 15.9. The van der Waals surface area contributed by atoms with Gasteiger partial charge in [0.25, 0.3) is 0 Å². The summed E-state index contributed by atoms with van der Waals surface area (Å²) in [6.45, 7) is 0.979. The molecule has 1 aliphatic heterocycles. The zero-order valence-electron chi connectivity index (χ0n) is 15.2. The third-order valence-corrected chi connectivity index (χ3v) is 6.83. The number of carbonyl (C=O) groups excluding carboxylic acids is 1. The molecular formula is C19H21BrN2O5S. The number of piperidine rings is 1. The summed E-state index contributed by atoms with van der Waals surface area (Å²) in [7, 11) is -3.57. The first-order chi connectivity index (χ1) is 13.5. The molecule has 0 radical (unpaired) electrons. The summed E-state index contributed by atoms with van der Waals surface area (Å²) in [6.07, 6.45) is 3.73. The first kappa shape index (κ1) is 20.8. The Kier molecular flexibility index (Phi) is 7.03. The van der Waals surface area contributed by atoms with Crippen molar-refractivity contribution in [2.75, 3.05) is 26.3 Å². The SMILES string of the molecule is O=C(OCCOc1cccc(Br)c1)C1CCN(S(=O)(=O)c2cccnc2)CC1. The van der Waals surface area contributed by atoms with Gasteiger partial charge < -0.3 is 9.47 Å². The molecular weight excluding hydrogens is 448 g/mol. The summed E-state index contributed by atoms with van der Waals surface area (Å²) in [5, 5.41) is 0. The molecule has 150 valence electrons. The fourth-order valence-corrected chi connectivity index (χ4v) is 4.77. The minimum absolute atomic E-state index is 0.152. The summed E-state index contributed by atoms with van der Waals surface area (Å²) >= 11 is 3.36. The van der Waals surface area contributed by atoms with Crippen molar-refractivity contribution in [1.82, 2.24) is 9.29 Å². The molecule has 0 spiro atoms. The quantitative estimate of drug-likeness (QED) is 0.458. The molecule has 7 nitrogen and oxygen atoms in total. The minimum Gasteiger partial charge on any atom is -0.490 e. The van der Waals surface area contributed by atoms with Crippen LogP contribution in [0, 0.1) is 5.92 Å². The van der Waals surface area contributed by atoms with Gasteiger partial charge in [-0.25, -0.2) is 8.42 Å². The highest BCUT2D eigenvalue weighted by Crippen LogP contribution is 2.24. The summed E-state index contributed by atoms with van der Waals surface area (Å²) in [5.41, 5.74) is 0. The van der Waals surface area contributed by atoms with Crippen LogP contribution in [0.3, 0.4) is 0 Å². The molecule has 2 aromatic rings. The van der Waals surface area contributed by atoms with Crippen LogP contribution >= 0.6 is 15.9 Å². The molecule has 0 atom stereocenters. The molecule has 1 fully saturated rings. The predicted molar refractivity (Wildman–Crippen MR) is 106 cm³/mol. The third-order valence-electron chi connectivity index (χ3n) is 4.45. The Labute approximate surface area is 172 Å². The lowest BCUT2D eigenvalue weighted by molar-refractivity contribution is -0.150. The van der Waals surface area contributed by atoms with Gasteiger partial charge in [0.2, 0.25) is 10.0 Å². The molecule has 0 N–H and O–H groups in total. The van der Waals surface area contributed by atoms with Gasteiger partial charge in [-0.15, -0.1) is 0 Å². The fraction of sp³-hybridized carbons (Fsp3) is 0.368. The van der Waals surface area contributed by atoms with Crippen molar-refractivity contribution in [2.24, 2.45) is 5.92 Å². The number of esters is 1. The van der Waals surface area contributed by atoms with E-state index >= 15 is 0 Å². The first-order valence-corrected chi connectivity index (χ1v) is 11.2. The van der Waals surface area contributed by atoms with Crippen molar-refractivity contribution in [3.63, 3.8) is 0 Å². The van der Waals surface area contributed by atoms with Crippen molar-refractivity contribution in [2.45, 2.75) is 17.7 Å². The molecule has 0 unspecified atom stereocenters. The molecule has 0 bridgehead atoms. The lowest BCUT2D eigenvalue weighted by Crippen LogP contribution is -2.40. The number of benzene rings is 1. The topological polar surface area (TPSA) is 85.8 Å². The van der Waals surface area contributed by atoms with Crippen LogP contribution in [0.5, 0.6) is 5.75 Å². The van der Waals surface area contributed by atoms with Crippen LogP contribution in [-0.4, -0.2) is 50.0 Å². The van der Waals surface area contributed by atoms with Gasteiger partial charge in [-0.1, -0.05) is 22.0 Å². The van der Waals surface area contributed by atoms with E-state index < -0.39 is 10.0 Å². The largest absolute Gasteiger partial charge is 0.490 e. The van der Waals surface area contributed by atoms with Gasteiger partial charge >= 0.3 is 5.97 Å². The Morgan fingerprint density at radius 1 is 1.18 bits per heavy atom. The molecule has 0 saturated carbocycles. The van der Waals surface area contributed by atoms with Crippen LogP contribution in [0.15, 0.2) is 58.2 Å². The fourth-order valence-electron chi connectivity index (χ4n) is 2.96. The molecule has 9 heteroatoms. The monoisotopic (exact) mass is 468 g/mol. The van der Waals surface area contributed by atoms with Gasteiger partial charge in [0.1, 0.15) is 23.9 Å². The lowest BCUT2D eigenvalue weighted by atomic mass is 9.98. The van der Waals surface area contributed by atoms with Crippen LogP contribution in [0.2, 0.25) is 0 Å². The number of sulfonamides is 1. The number of ether oxygens (including phenoxy) is 2. The Bertz CT molecular complexity index is 900. The molecule has 1 aromatic heterocycles. The van der Waals surface area contributed by atoms with Gasteiger partial charge in [-0.05, 0) is 43.2 Å². The first-order valence-electron chi connectivity index (χ1n) is 8.92. The number of carbonyl (C=O) groups is 1. The number of aromatic nitrogens is 1. The minimum atomic E-state index is -3.57. The summed E-state index contributed by atoms with van der Waals surface area (Å²) < 4.78 is 38.3. The smallest absolute Gasteiger partial charge is 0.309 e. The maximum absolute atomic E-state index is 12.6. The molecule has 28 heavy (non-hydrogen) atoms. The summed E-state index contributed by atoms with van der Waals surface area (Å²) in [4.78, 5) is 16.3. The van der Waals surface area contributed by atoms with Crippen molar-refractivity contribution in [3.05, 3.63) is 53.3 Å². The number of pyridine rings is 1. The second-order valence-electron chi connectivity index (χ2n) is 6.34. The van der Waals surface area contributed by atoms with Crippen LogP contribution in [-0.2, 0) is 19.6 Å². The van der Waals surface area contributed by atoms with E-state index in [1.54, 1.807) is 6.07 Å². The molecule has 1 saturated heterocycles. The van der Waals surface area contributed by atoms with Crippen molar-refractivity contribution >= 4 is 31.9 Å². The number of halogens is 1. The average molecular weight is 469 g/mol. The van der Waals surface area contributed by atoms with Crippen molar-refractivity contribution in [1.29, 1.82) is 0 Å². The van der Waals surface area contributed by atoms with E-state index in [0.717, 1.165) is 4.47 Å². The number of rotatable bonds is 7. The molecule has 3 rings (SSSR count). The van der Waals surface area contributed by atoms with Crippen molar-refractivity contribution in [3.8, 4) is 5.75 Å². The summed E-state index contributed by atoms with van der Waals surface area (Å²) in [5.74, 6) is 0.0850.